The number of nitrogens with zero attached hydrogens (tertiary/aromatic N) is 2. The molecule has 1 aromatic heterocycles. The van der Waals surface area contributed by atoms with Gasteiger partial charge in [0, 0.05) is 13.1 Å². The van der Waals surface area contributed by atoms with Crippen molar-refractivity contribution in [2.75, 3.05) is 4.72 Å². The van der Waals surface area contributed by atoms with Crippen LogP contribution in [0.4, 0.5) is 5.82 Å². The molecule has 1 N–H and O–H groups in total. The van der Waals surface area contributed by atoms with Crippen LogP contribution >= 0.6 is 0 Å². The van der Waals surface area contributed by atoms with E-state index in [-0.39, 0.29) is 4.90 Å². The Labute approximate surface area is 119 Å². The number of aryl methyl sites for hydroxylation is 3. The Morgan fingerprint density at radius 2 is 1.90 bits per heavy atom. The second-order valence-corrected chi connectivity index (χ2v) is 6.48. The standard InChI is InChI=1S/C14H19N3O2S/c1-4-5-12-6-8-13(9-7-12)20(18,19)16-14-10-11(2)15-17(14)3/h6-10,16H,4-5H2,1-3H3. The lowest BCUT2D eigenvalue weighted by Crippen LogP contribution is -2.15. The number of aromatic nitrogens is 2. The molecular weight excluding hydrogens is 274 g/mol. The second-order valence-electron chi connectivity index (χ2n) is 4.79. The fraction of sp³-hybridized carbons (Fsp3) is 0.357. The Kier molecular flexibility index (Phi) is 4.13. The van der Waals surface area contributed by atoms with E-state index in [2.05, 4.69) is 16.7 Å². The largest absolute Gasteiger partial charge is 0.264 e. The molecule has 0 unspecified atom stereocenters. The zero-order valence-electron chi connectivity index (χ0n) is 11.9. The molecule has 0 spiro atoms. The fourth-order valence-corrected chi connectivity index (χ4v) is 3.11. The zero-order valence-corrected chi connectivity index (χ0v) is 12.7. The maximum Gasteiger partial charge on any atom is 0.263 e. The molecule has 6 heteroatoms. The average Bonchev–Trinajstić information content (AvgIpc) is 2.68. The quantitative estimate of drug-likeness (QED) is 0.921. The highest BCUT2D eigenvalue weighted by Crippen LogP contribution is 2.17. The van der Waals surface area contributed by atoms with Gasteiger partial charge in [-0.15, -0.1) is 0 Å². The molecule has 0 bridgehead atoms. The molecule has 0 radical (unpaired) electrons. The summed E-state index contributed by atoms with van der Waals surface area (Å²) in [5.41, 5.74) is 1.91. The zero-order chi connectivity index (χ0) is 14.8. The van der Waals surface area contributed by atoms with Gasteiger partial charge in [-0.25, -0.2) is 8.42 Å². The van der Waals surface area contributed by atoms with Gasteiger partial charge in [0.1, 0.15) is 5.82 Å². The summed E-state index contributed by atoms with van der Waals surface area (Å²) in [7, 11) is -1.86. The van der Waals surface area contributed by atoms with Gasteiger partial charge in [-0.3, -0.25) is 9.40 Å². The monoisotopic (exact) mass is 293 g/mol. The van der Waals surface area contributed by atoms with Crippen LogP contribution < -0.4 is 4.72 Å². The molecule has 0 amide bonds. The first kappa shape index (κ1) is 14.6. The van der Waals surface area contributed by atoms with Crippen molar-refractivity contribution in [3.05, 3.63) is 41.6 Å². The van der Waals surface area contributed by atoms with E-state index in [4.69, 9.17) is 0 Å². The molecule has 0 fully saturated rings. The molecule has 1 aromatic carbocycles. The van der Waals surface area contributed by atoms with Gasteiger partial charge in [-0.1, -0.05) is 25.5 Å². The van der Waals surface area contributed by atoms with Crippen LogP contribution in [0.25, 0.3) is 0 Å². The van der Waals surface area contributed by atoms with Crippen LogP contribution in [-0.4, -0.2) is 18.2 Å². The normalized spacial score (nSPS) is 11.6. The van der Waals surface area contributed by atoms with Crippen molar-refractivity contribution in [2.45, 2.75) is 31.6 Å². The number of nitrogens with one attached hydrogen (secondary N) is 1. The van der Waals surface area contributed by atoms with E-state index >= 15 is 0 Å². The van der Waals surface area contributed by atoms with E-state index in [0.717, 1.165) is 24.1 Å². The molecule has 20 heavy (non-hydrogen) atoms. The third-order valence-corrected chi connectivity index (χ3v) is 4.38. The molecule has 2 rings (SSSR count). The van der Waals surface area contributed by atoms with Crippen LogP contribution in [0.15, 0.2) is 35.2 Å². The highest BCUT2D eigenvalue weighted by atomic mass is 32.2. The van der Waals surface area contributed by atoms with Crippen LogP contribution in [-0.2, 0) is 23.5 Å². The number of sulfonamides is 1. The average molecular weight is 293 g/mol. The van der Waals surface area contributed by atoms with E-state index in [1.54, 1.807) is 25.2 Å². The number of hydrogen-bond donors (Lipinski definition) is 1. The predicted molar refractivity (Wildman–Crippen MR) is 79.2 cm³/mol. The Morgan fingerprint density at radius 3 is 2.40 bits per heavy atom. The lowest BCUT2D eigenvalue weighted by Gasteiger charge is -2.08. The van der Waals surface area contributed by atoms with Crippen molar-refractivity contribution in [2.24, 2.45) is 7.05 Å². The summed E-state index contributed by atoms with van der Waals surface area (Å²) in [5.74, 6) is 0.458. The maximum atomic E-state index is 12.3. The number of hydrogen-bond acceptors (Lipinski definition) is 3. The molecule has 2 aromatic rings. The van der Waals surface area contributed by atoms with Crippen LogP contribution in [0, 0.1) is 6.92 Å². The van der Waals surface area contributed by atoms with Crippen molar-refractivity contribution >= 4 is 15.8 Å². The number of anilines is 1. The van der Waals surface area contributed by atoms with Gasteiger partial charge in [-0.05, 0) is 31.0 Å². The first-order valence-electron chi connectivity index (χ1n) is 6.55. The third kappa shape index (κ3) is 3.19. The molecule has 0 aliphatic rings. The van der Waals surface area contributed by atoms with Gasteiger partial charge in [0.15, 0.2) is 0 Å². The van der Waals surface area contributed by atoms with Gasteiger partial charge in [0.25, 0.3) is 10.0 Å². The Hall–Kier alpha value is -1.82. The number of rotatable bonds is 5. The fourth-order valence-electron chi connectivity index (χ4n) is 2.03. The van der Waals surface area contributed by atoms with E-state index < -0.39 is 10.0 Å². The van der Waals surface area contributed by atoms with E-state index in [9.17, 15) is 8.42 Å². The Morgan fingerprint density at radius 1 is 1.25 bits per heavy atom. The minimum Gasteiger partial charge on any atom is -0.264 e. The van der Waals surface area contributed by atoms with E-state index in [1.165, 1.54) is 4.68 Å². The Bertz CT molecular complexity index is 688. The molecule has 1 heterocycles. The van der Waals surface area contributed by atoms with Crippen molar-refractivity contribution < 1.29 is 8.42 Å². The topological polar surface area (TPSA) is 64.0 Å². The van der Waals surface area contributed by atoms with Crippen molar-refractivity contribution in [1.29, 1.82) is 0 Å². The summed E-state index contributed by atoms with van der Waals surface area (Å²) in [5, 5.41) is 4.12. The summed E-state index contributed by atoms with van der Waals surface area (Å²) in [6, 6.07) is 8.68. The highest BCUT2D eigenvalue weighted by Gasteiger charge is 2.16. The van der Waals surface area contributed by atoms with Gasteiger partial charge < -0.3 is 0 Å². The summed E-state index contributed by atoms with van der Waals surface area (Å²) in [6.45, 7) is 3.91. The van der Waals surface area contributed by atoms with Crippen molar-refractivity contribution in [3.63, 3.8) is 0 Å². The smallest absolute Gasteiger partial charge is 0.263 e. The molecule has 0 aliphatic carbocycles. The van der Waals surface area contributed by atoms with Crippen LogP contribution in [0.1, 0.15) is 24.6 Å². The van der Waals surface area contributed by atoms with Crippen LogP contribution in [0.5, 0.6) is 0 Å². The molecule has 0 saturated heterocycles. The van der Waals surface area contributed by atoms with Gasteiger partial charge in [0.2, 0.25) is 0 Å². The SMILES string of the molecule is CCCc1ccc(S(=O)(=O)Nc2cc(C)nn2C)cc1. The molecule has 5 nitrogen and oxygen atoms in total. The first-order valence-corrected chi connectivity index (χ1v) is 8.03. The van der Waals surface area contributed by atoms with Gasteiger partial charge in [0.05, 0.1) is 10.6 Å². The Balaban J connectivity index is 2.24. The summed E-state index contributed by atoms with van der Waals surface area (Å²) in [6.07, 6.45) is 1.99. The summed E-state index contributed by atoms with van der Waals surface area (Å²) >= 11 is 0. The highest BCUT2D eigenvalue weighted by molar-refractivity contribution is 7.92. The predicted octanol–water partition coefficient (Wildman–Crippen LogP) is 2.48. The summed E-state index contributed by atoms with van der Waals surface area (Å²) < 4.78 is 28.6. The number of benzene rings is 1. The van der Waals surface area contributed by atoms with Crippen molar-refractivity contribution in [1.82, 2.24) is 9.78 Å². The minimum absolute atomic E-state index is 0.260. The minimum atomic E-state index is -3.57. The molecule has 0 aliphatic heterocycles. The lowest BCUT2D eigenvalue weighted by atomic mass is 10.1. The molecule has 108 valence electrons. The maximum absolute atomic E-state index is 12.3. The van der Waals surface area contributed by atoms with Gasteiger partial charge in [-0.2, -0.15) is 5.10 Å². The van der Waals surface area contributed by atoms with E-state index in [1.807, 2.05) is 19.1 Å². The second kappa shape index (κ2) is 5.66. The van der Waals surface area contributed by atoms with E-state index in [0.29, 0.717) is 5.82 Å². The molecule has 0 saturated carbocycles. The van der Waals surface area contributed by atoms with Crippen LogP contribution in [0.3, 0.4) is 0 Å². The van der Waals surface area contributed by atoms with Gasteiger partial charge >= 0.3 is 0 Å². The summed E-state index contributed by atoms with van der Waals surface area (Å²) in [4.78, 5) is 0.260. The third-order valence-electron chi connectivity index (χ3n) is 3.01. The molecular formula is C14H19N3O2S. The molecule has 0 atom stereocenters. The van der Waals surface area contributed by atoms with Crippen LogP contribution in [0.2, 0.25) is 0 Å². The van der Waals surface area contributed by atoms with Crippen molar-refractivity contribution in [3.8, 4) is 0 Å². The lowest BCUT2D eigenvalue weighted by molar-refractivity contribution is 0.600. The first-order chi connectivity index (χ1) is 9.42.